The zero-order valence-electron chi connectivity index (χ0n) is 12.0. The number of aryl methyl sites for hydroxylation is 2. The summed E-state index contributed by atoms with van der Waals surface area (Å²) in [7, 11) is 0. The molecule has 1 aliphatic rings. The van der Waals surface area contributed by atoms with Crippen LogP contribution >= 0.6 is 0 Å². The van der Waals surface area contributed by atoms with E-state index in [1.165, 1.54) is 42.6 Å². The lowest BCUT2D eigenvalue weighted by Crippen LogP contribution is -2.42. The van der Waals surface area contributed by atoms with Gasteiger partial charge in [0.05, 0.1) is 0 Å². The molecule has 0 saturated carbocycles. The molecule has 2 heteroatoms. The maximum Gasteiger partial charge on any atom is 0.0236 e. The second kappa shape index (κ2) is 6.35. The van der Waals surface area contributed by atoms with Gasteiger partial charge in [-0.2, -0.15) is 0 Å². The molecule has 1 aromatic rings. The molecule has 1 aromatic carbocycles. The molecule has 0 aliphatic carbocycles. The van der Waals surface area contributed by atoms with Crippen molar-refractivity contribution in [1.29, 1.82) is 0 Å². The number of nitrogens with zero attached hydrogens (tertiary/aromatic N) is 1. The Kier molecular flexibility index (Phi) is 4.79. The molecule has 0 bridgehead atoms. The Morgan fingerprint density at radius 2 is 1.72 bits per heavy atom. The maximum atomic E-state index is 3.45. The van der Waals surface area contributed by atoms with Crippen molar-refractivity contribution in [1.82, 2.24) is 10.2 Å². The average molecular weight is 246 g/mol. The lowest BCUT2D eigenvalue weighted by atomic mass is 10.0. The molecule has 0 radical (unpaired) electrons. The van der Waals surface area contributed by atoms with Crippen molar-refractivity contribution in [2.45, 2.75) is 46.2 Å². The number of piperidine rings is 1. The summed E-state index contributed by atoms with van der Waals surface area (Å²) in [5.41, 5.74) is 4.23. The highest BCUT2D eigenvalue weighted by Gasteiger charge is 2.19. The summed E-state index contributed by atoms with van der Waals surface area (Å²) in [5, 5.41) is 3.45. The number of hydrogen-bond donors (Lipinski definition) is 1. The number of nitrogens with one attached hydrogen (secondary N) is 1. The summed E-state index contributed by atoms with van der Waals surface area (Å²) in [6.45, 7) is 11.3. The summed E-state index contributed by atoms with van der Waals surface area (Å²) >= 11 is 0. The molecule has 0 unspecified atom stereocenters. The lowest BCUT2D eigenvalue weighted by molar-refractivity contribution is 0.162. The highest BCUT2D eigenvalue weighted by molar-refractivity contribution is 5.28. The first-order valence-corrected chi connectivity index (χ1v) is 7.21. The fraction of sp³-hybridized carbons (Fsp3) is 0.625. The molecule has 18 heavy (non-hydrogen) atoms. The highest BCUT2D eigenvalue weighted by Crippen LogP contribution is 2.17. The van der Waals surface area contributed by atoms with Gasteiger partial charge in [0.2, 0.25) is 0 Å². The summed E-state index contributed by atoms with van der Waals surface area (Å²) < 4.78 is 0. The largest absolute Gasteiger partial charge is 0.317 e. The Balaban J connectivity index is 2.04. The minimum Gasteiger partial charge on any atom is -0.317 e. The van der Waals surface area contributed by atoms with Crippen LogP contribution in [-0.2, 0) is 6.54 Å². The number of hydrogen-bond acceptors (Lipinski definition) is 2. The molecule has 1 aliphatic heterocycles. The third-order valence-corrected chi connectivity index (χ3v) is 3.90. The lowest BCUT2D eigenvalue weighted by Gasteiger charge is -2.34. The summed E-state index contributed by atoms with van der Waals surface area (Å²) in [6.07, 6.45) is 2.58. The Labute approximate surface area is 111 Å². The van der Waals surface area contributed by atoms with Gasteiger partial charge >= 0.3 is 0 Å². The van der Waals surface area contributed by atoms with Crippen LogP contribution in [-0.4, -0.2) is 30.6 Å². The van der Waals surface area contributed by atoms with Crippen LogP contribution in [0.5, 0.6) is 0 Å². The first-order chi connectivity index (χ1) is 8.69. The van der Waals surface area contributed by atoms with Gasteiger partial charge in [0, 0.05) is 12.6 Å². The van der Waals surface area contributed by atoms with Gasteiger partial charge in [0.25, 0.3) is 0 Å². The van der Waals surface area contributed by atoms with Crippen molar-refractivity contribution >= 4 is 0 Å². The number of rotatable bonds is 4. The Morgan fingerprint density at radius 1 is 1.11 bits per heavy atom. The van der Waals surface area contributed by atoms with E-state index in [-0.39, 0.29) is 0 Å². The van der Waals surface area contributed by atoms with Gasteiger partial charge in [-0.15, -0.1) is 0 Å². The molecule has 0 atom stereocenters. The van der Waals surface area contributed by atoms with Crippen LogP contribution < -0.4 is 5.32 Å². The van der Waals surface area contributed by atoms with Crippen molar-refractivity contribution in [3.63, 3.8) is 0 Å². The van der Waals surface area contributed by atoms with Gasteiger partial charge in [-0.3, -0.25) is 4.90 Å². The molecule has 1 N–H and O–H groups in total. The monoisotopic (exact) mass is 246 g/mol. The van der Waals surface area contributed by atoms with Crippen molar-refractivity contribution in [3.8, 4) is 0 Å². The van der Waals surface area contributed by atoms with E-state index >= 15 is 0 Å². The van der Waals surface area contributed by atoms with E-state index < -0.39 is 0 Å². The normalized spacial score (nSPS) is 17.3. The van der Waals surface area contributed by atoms with Crippen molar-refractivity contribution in [2.24, 2.45) is 0 Å². The fourth-order valence-electron chi connectivity index (χ4n) is 3.07. The molecule has 2 rings (SSSR count). The molecule has 100 valence electrons. The van der Waals surface area contributed by atoms with E-state index in [0.717, 1.165) is 19.1 Å². The molecule has 0 amide bonds. The van der Waals surface area contributed by atoms with Crippen LogP contribution in [0.4, 0.5) is 0 Å². The SMILES string of the molecule is CCN(Cc1cc(C)cc(C)c1)C1CCNCC1. The molecule has 0 aromatic heterocycles. The second-order valence-electron chi connectivity index (χ2n) is 5.54. The van der Waals surface area contributed by atoms with Crippen LogP contribution in [0.2, 0.25) is 0 Å². The zero-order valence-corrected chi connectivity index (χ0v) is 12.0. The number of benzene rings is 1. The Bertz CT molecular complexity index is 360. The van der Waals surface area contributed by atoms with Crippen molar-refractivity contribution < 1.29 is 0 Å². The third kappa shape index (κ3) is 3.56. The van der Waals surface area contributed by atoms with Gasteiger partial charge in [-0.1, -0.05) is 36.2 Å². The van der Waals surface area contributed by atoms with E-state index in [2.05, 4.69) is 49.2 Å². The van der Waals surface area contributed by atoms with Gasteiger partial charge in [0.1, 0.15) is 0 Å². The molecule has 1 saturated heterocycles. The standard InChI is InChI=1S/C16H26N2/c1-4-18(16-5-7-17-8-6-16)12-15-10-13(2)9-14(3)11-15/h9-11,16-17H,4-8,12H2,1-3H3. The molecular weight excluding hydrogens is 220 g/mol. The molecular formula is C16H26N2. The first kappa shape index (κ1) is 13.6. The quantitative estimate of drug-likeness (QED) is 0.879. The molecule has 1 fully saturated rings. The third-order valence-electron chi connectivity index (χ3n) is 3.90. The van der Waals surface area contributed by atoms with E-state index in [0.29, 0.717) is 0 Å². The molecule has 0 spiro atoms. The van der Waals surface area contributed by atoms with Crippen LogP contribution in [0.1, 0.15) is 36.5 Å². The Hall–Kier alpha value is -0.860. The van der Waals surface area contributed by atoms with Gasteiger partial charge in [-0.05, 0) is 51.9 Å². The predicted molar refractivity (Wildman–Crippen MR) is 77.9 cm³/mol. The van der Waals surface area contributed by atoms with Crippen LogP contribution in [0.15, 0.2) is 18.2 Å². The summed E-state index contributed by atoms with van der Waals surface area (Å²) in [6, 6.07) is 7.68. The topological polar surface area (TPSA) is 15.3 Å². The average Bonchev–Trinajstić information content (AvgIpc) is 2.36. The summed E-state index contributed by atoms with van der Waals surface area (Å²) in [5.74, 6) is 0. The molecule has 2 nitrogen and oxygen atoms in total. The predicted octanol–water partition coefficient (Wildman–Crippen LogP) is 2.88. The smallest absolute Gasteiger partial charge is 0.0236 e. The zero-order chi connectivity index (χ0) is 13.0. The van der Waals surface area contributed by atoms with Crippen molar-refractivity contribution in [3.05, 3.63) is 34.9 Å². The van der Waals surface area contributed by atoms with E-state index in [4.69, 9.17) is 0 Å². The second-order valence-corrected chi connectivity index (χ2v) is 5.54. The minimum atomic E-state index is 0.761. The van der Waals surface area contributed by atoms with E-state index in [9.17, 15) is 0 Å². The first-order valence-electron chi connectivity index (χ1n) is 7.21. The van der Waals surface area contributed by atoms with Crippen molar-refractivity contribution in [2.75, 3.05) is 19.6 Å². The van der Waals surface area contributed by atoms with Gasteiger partial charge in [-0.25, -0.2) is 0 Å². The fourth-order valence-corrected chi connectivity index (χ4v) is 3.07. The van der Waals surface area contributed by atoms with Crippen LogP contribution in [0, 0.1) is 13.8 Å². The van der Waals surface area contributed by atoms with Gasteiger partial charge in [0.15, 0.2) is 0 Å². The van der Waals surface area contributed by atoms with Crippen LogP contribution in [0.25, 0.3) is 0 Å². The van der Waals surface area contributed by atoms with Gasteiger partial charge < -0.3 is 5.32 Å². The maximum absolute atomic E-state index is 3.45. The summed E-state index contributed by atoms with van der Waals surface area (Å²) in [4.78, 5) is 2.63. The Morgan fingerprint density at radius 3 is 2.28 bits per heavy atom. The van der Waals surface area contributed by atoms with E-state index in [1.807, 2.05) is 0 Å². The molecule has 1 heterocycles. The highest BCUT2D eigenvalue weighted by atomic mass is 15.2. The van der Waals surface area contributed by atoms with Crippen LogP contribution in [0.3, 0.4) is 0 Å². The van der Waals surface area contributed by atoms with E-state index in [1.54, 1.807) is 0 Å². The minimum absolute atomic E-state index is 0.761.